The van der Waals surface area contributed by atoms with Crippen LogP contribution in [-0.4, -0.2) is 60.6 Å². The molecule has 1 saturated carbocycles. The molecular weight excluding hydrogens is 246 g/mol. The lowest BCUT2D eigenvalue weighted by Gasteiger charge is -2.33. The highest BCUT2D eigenvalue weighted by Crippen LogP contribution is 2.24. The van der Waals surface area contributed by atoms with E-state index in [0.717, 1.165) is 18.1 Å². The summed E-state index contributed by atoms with van der Waals surface area (Å²) in [6.07, 6.45) is 11.2. The largest absolute Gasteiger partial charge is 0.312 e. The average molecular weight is 279 g/mol. The van der Waals surface area contributed by atoms with E-state index in [0.29, 0.717) is 0 Å². The standard InChI is InChI=1S/C17H33N3/c1-2-6-16(13-18-15-7-8-15)20-12-9-17(14-20)19-10-4-3-5-11-19/h15-18H,2-14H2,1H3. The van der Waals surface area contributed by atoms with Gasteiger partial charge in [0.1, 0.15) is 0 Å². The molecule has 0 amide bonds. The van der Waals surface area contributed by atoms with Crippen LogP contribution < -0.4 is 5.32 Å². The van der Waals surface area contributed by atoms with Gasteiger partial charge < -0.3 is 5.32 Å². The first kappa shape index (κ1) is 14.8. The lowest BCUT2D eigenvalue weighted by Crippen LogP contribution is -2.45. The zero-order valence-corrected chi connectivity index (χ0v) is 13.3. The number of hydrogen-bond donors (Lipinski definition) is 1. The van der Waals surface area contributed by atoms with E-state index in [1.165, 1.54) is 84.1 Å². The molecule has 3 heteroatoms. The third-order valence-electron chi connectivity index (χ3n) is 5.46. The molecular formula is C17H33N3. The highest BCUT2D eigenvalue weighted by molar-refractivity contribution is 4.90. The van der Waals surface area contributed by atoms with Gasteiger partial charge >= 0.3 is 0 Å². The minimum absolute atomic E-state index is 0.787. The number of nitrogens with zero attached hydrogens (tertiary/aromatic N) is 2. The molecule has 1 N–H and O–H groups in total. The van der Waals surface area contributed by atoms with Gasteiger partial charge in [-0.15, -0.1) is 0 Å². The summed E-state index contributed by atoms with van der Waals surface area (Å²) in [6, 6.07) is 2.50. The zero-order valence-electron chi connectivity index (χ0n) is 13.3. The third-order valence-corrected chi connectivity index (χ3v) is 5.46. The van der Waals surface area contributed by atoms with Crippen molar-refractivity contribution in [3.63, 3.8) is 0 Å². The Morgan fingerprint density at radius 3 is 2.55 bits per heavy atom. The summed E-state index contributed by atoms with van der Waals surface area (Å²) >= 11 is 0. The maximum atomic E-state index is 3.76. The topological polar surface area (TPSA) is 18.5 Å². The van der Waals surface area contributed by atoms with Crippen LogP contribution in [0.25, 0.3) is 0 Å². The summed E-state index contributed by atoms with van der Waals surface area (Å²) in [5, 5.41) is 3.76. The average Bonchev–Trinajstić information content (AvgIpc) is 3.19. The van der Waals surface area contributed by atoms with Crippen LogP contribution in [0.15, 0.2) is 0 Å². The van der Waals surface area contributed by atoms with Gasteiger partial charge in [-0.1, -0.05) is 19.8 Å². The Kier molecular flexibility index (Phi) is 5.36. The van der Waals surface area contributed by atoms with Gasteiger partial charge in [-0.3, -0.25) is 9.80 Å². The first-order valence-corrected chi connectivity index (χ1v) is 9.08. The van der Waals surface area contributed by atoms with Gasteiger partial charge in [0.15, 0.2) is 0 Å². The number of hydrogen-bond acceptors (Lipinski definition) is 3. The van der Waals surface area contributed by atoms with Crippen LogP contribution in [0.4, 0.5) is 0 Å². The highest BCUT2D eigenvalue weighted by Gasteiger charge is 2.32. The predicted octanol–water partition coefficient (Wildman–Crippen LogP) is 2.47. The van der Waals surface area contributed by atoms with Gasteiger partial charge in [0.25, 0.3) is 0 Å². The molecule has 116 valence electrons. The fourth-order valence-corrected chi connectivity index (χ4v) is 4.02. The van der Waals surface area contributed by atoms with Crippen molar-refractivity contribution in [3.05, 3.63) is 0 Å². The van der Waals surface area contributed by atoms with E-state index < -0.39 is 0 Å². The molecule has 0 aromatic carbocycles. The lowest BCUT2D eigenvalue weighted by molar-refractivity contribution is 0.148. The maximum absolute atomic E-state index is 3.76. The second kappa shape index (κ2) is 7.24. The fourth-order valence-electron chi connectivity index (χ4n) is 4.02. The Balaban J connectivity index is 1.47. The molecule has 0 aromatic heterocycles. The molecule has 3 fully saturated rings. The molecule has 2 heterocycles. The molecule has 3 aliphatic rings. The van der Waals surface area contributed by atoms with Crippen LogP contribution in [0.5, 0.6) is 0 Å². The minimum atomic E-state index is 0.787. The highest BCUT2D eigenvalue weighted by atomic mass is 15.3. The van der Waals surface area contributed by atoms with Gasteiger partial charge in [0, 0.05) is 37.8 Å². The summed E-state index contributed by atoms with van der Waals surface area (Å²) in [7, 11) is 0. The molecule has 0 bridgehead atoms. The smallest absolute Gasteiger partial charge is 0.0235 e. The first-order valence-electron chi connectivity index (χ1n) is 9.08. The summed E-state index contributed by atoms with van der Waals surface area (Å²) < 4.78 is 0. The van der Waals surface area contributed by atoms with Crippen LogP contribution in [-0.2, 0) is 0 Å². The Morgan fingerprint density at radius 2 is 1.85 bits per heavy atom. The van der Waals surface area contributed by atoms with Gasteiger partial charge in [0.05, 0.1) is 0 Å². The van der Waals surface area contributed by atoms with E-state index in [4.69, 9.17) is 0 Å². The van der Waals surface area contributed by atoms with E-state index in [-0.39, 0.29) is 0 Å². The van der Waals surface area contributed by atoms with Crippen molar-refractivity contribution >= 4 is 0 Å². The number of nitrogens with one attached hydrogen (secondary N) is 1. The SMILES string of the molecule is CCCC(CNC1CC1)N1CCC(N2CCCCC2)C1. The van der Waals surface area contributed by atoms with Crippen molar-refractivity contribution < 1.29 is 0 Å². The van der Waals surface area contributed by atoms with Crippen LogP contribution in [0, 0.1) is 0 Å². The molecule has 0 radical (unpaired) electrons. The second-order valence-corrected chi connectivity index (χ2v) is 7.16. The minimum Gasteiger partial charge on any atom is -0.312 e. The van der Waals surface area contributed by atoms with Gasteiger partial charge in [-0.25, -0.2) is 0 Å². The summed E-state index contributed by atoms with van der Waals surface area (Å²) in [4.78, 5) is 5.57. The molecule has 0 aromatic rings. The van der Waals surface area contributed by atoms with E-state index in [1.807, 2.05) is 0 Å². The van der Waals surface area contributed by atoms with Crippen molar-refractivity contribution in [3.8, 4) is 0 Å². The van der Waals surface area contributed by atoms with Crippen molar-refractivity contribution in [1.82, 2.24) is 15.1 Å². The summed E-state index contributed by atoms with van der Waals surface area (Å²) in [6.45, 7) is 8.94. The monoisotopic (exact) mass is 279 g/mol. The van der Waals surface area contributed by atoms with E-state index >= 15 is 0 Å². The van der Waals surface area contributed by atoms with Gasteiger partial charge in [-0.05, 0) is 51.6 Å². The molecule has 2 atom stereocenters. The molecule has 1 aliphatic carbocycles. The maximum Gasteiger partial charge on any atom is 0.0235 e. The van der Waals surface area contributed by atoms with Crippen molar-refractivity contribution in [1.29, 1.82) is 0 Å². The van der Waals surface area contributed by atoms with Crippen molar-refractivity contribution in [2.75, 3.05) is 32.7 Å². The number of rotatable bonds is 7. The molecule has 2 unspecified atom stereocenters. The van der Waals surface area contributed by atoms with Crippen molar-refractivity contribution in [2.24, 2.45) is 0 Å². The molecule has 3 rings (SSSR count). The molecule has 2 aliphatic heterocycles. The molecule has 3 nitrogen and oxygen atoms in total. The number of piperidine rings is 1. The van der Waals surface area contributed by atoms with Crippen LogP contribution in [0.2, 0.25) is 0 Å². The van der Waals surface area contributed by atoms with Gasteiger partial charge in [0.2, 0.25) is 0 Å². The predicted molar refractivity (Wildman–Crippen MR) is 85.1 cm³/mol. The third kappa shape index (κ3) is 3.96. The molecule has 20 heavy (non-hydrogen) atoms. The Hall–Kier alpha value is -0.120. The molecule has 2 saturated heterocycles. The van der Waals surface area contributed by atoms with E-state index in [9.17, 15) is 0 Å². The Labute approximate surface area is 125 Å². The quantitative estimate of drug-likeness (QED) is 0.772. The van der Waals surface area contributed by atoms with Crippen LogP contribution in [0.1, 0.15) is 58.3 Å². The summed E-state index contributed by atoms with van der Waals surface area (Å²) in [5.74, 6) is 0. The van der Waals surface area contributed by atoms with E-state index in [1.54, 1.807) is 0 Å². The first-order chi connectivity index (χ1) is 9.86. The Bertz CT molecular complexity index is 284. The summed E-state index contributed by atoms with van der Waals surface area (Å²) in [5.41, 5.74) is 0. The lowest BCUT2D eigenvalue weighted by atomic mass is 10.1. The second-order valence-electron chi connectivity index (χ2n) is 7.16. The van der Waals surface area contributed by atoms with Crippen molar-refractivity contribution in [2.45, 2.75) is 76.4 Å². The van der Waals surface area contributed by atoms with E-state index in [2.05, 4.69) is 22.0 Å². The normalized spacial score (nSPS) is 30.8. The zero-order chi connectivity index (χ0) is 13.8. The van der Waals surface area contributed by atoms with Crippen LogP contribution >= 0.6 is 0 Å². The van der Waals surface area contributed by atoms with Gasteiger partial charge in [-0.2, -0.15) is 0 Å². The van der Waals surface area contributed by atoms with Crippen LogP contribution in [0.3, 0.4) is 0 Å². The fraction of sp³-hybridized carbons (Fsp3) is 1.00. The molecule has 0 spiro atoms. The number of likely N-dealkylation sites (tertiary alicyclic amines) is 2. The Morgan fingerprint density at radius 1 is 1.05 bits per heavy atom.